The summed E-state index contributed by atoms with van der Waals surface area (Å²) in [5.41, 5.74) is 0.826. The number of rotatable bonds is 3. The Morgan fingerprint density at radius 1 is 1.33 bits per heavy atom. The molecule has 1 rings (SSSR count). The van der Waals surface area contributed by atoms with Gasteiger partial charge in [-0.25, -0.2) is 9.97 Å². The molecular formula is C10H12Br2N2O. The molecule has 0 bridgehead atoms. The minimum absolute atomic E-state index is 0.181. The maximum atomic E-state index is 11.6. The molecule has 0 radical (unpaired) electrons. The monoisotopic (exact) mass is 334 g/mol. The third-order valence-electron chi connectivity index (χ3n) is 2.23. The molecule has 0 aliphatic rings. The molecule has 15 heavy (non-hydrogen) atoms. The van der Waals surface area contributed by atoms with Crippen molar-refractivity contribution in [2.45, 2.75) is 33.1 Å². The predicted molar refractivity (Wildman–Crippen MR) is 65.9 cm³/mol. The van der Waals surface area contributed by atoms with Gasteiger partial charge in [0, 0.05) is 17.9 Å². The van der Waals surface area contributed by atoms with E-state index in [1.165, 1.54) is 0 Å². The zero-order valence-corrected chi connectivity index (χ0v) is 12.0. The van der Waals surface area contributed by atoms with Crippen LogP contribution in [-0.2, 0) is 4.79 Å². The van der Waals surface area contributed by atoms with Gasteiger partial charge < -0.3 is 0 Å². The van der Waals surface area contributed by atoms with Crippen molar-refractivity contribution < 1.29 is 4.79 Å². The summed E-state index contributed by atoms with van der Waals surface area (Å²) in [5, 5.41) is 0. The average molecular weight is 336 g/mol. The van der Waals surface area contributed by atoms with Crippen LogP contribution in [0.15, 0.2) is 9.21 Å². The van der Waals surface area contributed by atoms with Crippen molar-refractivity contribution in [1.82, 2.24) is 9.97 Å². The summed E-state index contributed by atoms with van der Waals surface area (Å²) >= 11 is 6.73. The summed E-state index contributed by atoms with van der Waals surface area (Å²) in [4.78, 5) is 20.0. The second-order valence-corrected chi connectivity index (χ2v) is 4.81. The molecule has 0 aromatic carbocycles. The maximum absolute atomic E-state index is 11.6. The van der Waals surface area contributed by atoms with Gasteiger partial charge >= 0.3 is 0 Å². The van der Waals surface area contributed by atoms with Crippen LogP contribution in [0.25, 0.3) is 0 Å². The van der Waals surface area contributed by atoms with Gasteiger partial charge in [0.25, 0.3) is 0 Å². The van der Waals surface area contributed by atoms with Crippen molar-refractivity contribution in [2.75, 3.05) is 0 Å². The minimum Gasteiger partial charge on any atom is -0.299 e. The fraction of sp³-hybridized carbons (Fsp3) is 0.500. The first-order valence-electron chi connectivity index (χ1n) is 4.69. The van der Waals surface area contributed by atoms with Gasteiger partial charge in [-0.3, -0.25) is 4.79 Å². The number of Topliss-reactive ketones (excluding diaryl/α,β-unsaturated/α-hetero) is 1. The van der Waals surface area contributed by atoms with Crippen LogP contribution in [-0.4, -0.2) is 15.8 Å². The topological polar surface area (TPSA) is 42.9 Å². The van der Waals surface area contributed by atoms with Crippen molar-refractivity contribution in [3.05, 3.63) is 20.6 Å². The highest BCUT2D eigenvalue weighted by Gasteiger charge is 2.21. The molecule has 5 heteroatoms. The van der Waals surface area contributed by atoms with E-state index in [1.54, 1.807) is 0 Å². The van der Waals surface area contributed by atoms with Crippen molar-refractivity contribution in [3.63, 3.8) is 0 Å². The number of ketones is 1. The van der Waals surface area contributed by atoms with Crippen LogP contribution in [0.4, 0.5) is 0 Å². The smallest absolute Gasteiger partial charge is 0.139 e. The normalized spacial score (nSPS) is 12.6. The second kappa shape index (κ2) is 5.16. The highest BCUT2D eigenvalue weighted by Crippen LogP contribution is 2.30. The van der Waals surface area contributed by atoms with Gasteiger partial charge in [0.1, 0.15) is 20.8 Å². The Bertz CT molecular complexity index is 370. The van der Waals surface area contributed by atoms with Gasteiger partial charge in [0.05, 0.1) is 0 Å². The molecule has 1 unspecified atom stereocenters. The van der Waals surface area contributed by atoms with Gasteiger partial charge in [-0.05, 0) is 38.8 Å². The van der Waals surface area contributed by atoms with Crippen molar-refractivity contribution in [2.24, 2.45) is 0 Å². The Kier molecular flexibility index (Phi) is 4.40. The molecule has 0 saturated carbocycles. The number of halogens is 2. The molecule has 0 fully saturated rings. The minimum atomic E-state index is -0.181. The highest BCUT2D eigenvalue weighted by atomic mass is 79.9. The summed E-state index contributed by atoms with van der Waals surface area (Å²) in [6.07, 6.45) is 0.522. The Hall–Kier alpha value is -0.290. The van der Waals surface area contributed by atoms with Crippen LogP contribution in [0.1, 0.15) is 37.6 Å². The first-order chi connectivity index (χ1) is 6.97. The summed E-state index contributed by atoms with van der Waals surface area (Å²) < 4.78 is 1.38. The molecule has 1 heterocycles. The quantitative estimate of drug-likeness (QED) is 0.795. The van der Waals surface area contributed by atoms with Gasteiger partial charge in [-0.2, -0.15) is 0 Å². The van der Waals surface area contributed by atoms with Crippen LogP contribution < -0.4 is 0 Å². The Morgan fingerprint density at radius 2 is 1.80 bits per heavy atom. The molecular weight excluding hydrogens is 324 g/mol. The van der Waals surface area contributed by atoms with Gasteiger partial charge in [-0.1, -0.05) is 13.8 Å². The molecule has 0 amide bonds. The predicted octanol–water partition coefficient (Wildman–Crippen LogP) is 3.39. The Morgan fingerprint density at radius 3 is 2.20 bits per heavy atom. The standard InChI is InChI=1S/C10H12Br2N2O/c1-4-7(15)5(2)8-9(11)13-6(3)14-10(8)12/h5H,4H2,1-3H3. The lowest BCUT2D eigenvalue weighted by Crippen LogP contribution is -2.11. The number of aromatic nitrogens is 2. The highest BCUT2D eigenvalue weighted by molar-refractivity contribution is 9.11. The molecule has 3 nitrogen and oxygen atoms in total. The summed E-state index contributed by atoms with van der Waals surface area (Å²) in [6, 6.07) is 0. The van der Waals surface area contributed by atoms with Crippen LogP contribution in [0, 0.1) is 6.92 Å². The third kappa shape index (κ3) is 2.84. The van der Waals surface area contributed by atoms with Crippen LogP contribution >= 0.6 is 31.9 Å². The van der Waals surface area contributed by atoms with Gasteiger partial charge in [0.15, 0.2) is 0 Å². The number of hydrogen-bond donors (Lipinski definition) is 0. The van der Waals surface area contributed by atoms with Crippen molar-refractivity contribution in [1.29, 1.82) is 0 Å². The first-order valence-corrected chi connectivity index (χ1v) is 6.28. The largest absolute Gasteiger partial charge is 0.299 e. The van der Waals surface area contributed by atoms with E-state index in [4.69, 9.17) is 0 Å². The molecule has 1 atom stereocenters. The first kappa shape index (κ1) is 12.8. The van der Waals surface area contributed by atoms with Crippen molar-refractivity contribution in [3.8, 4) is 0 Å². The zero-order chi connectivity index (χ0) is 11.6. The molecule has 0 N–H and O–H groups in total. The second-order valence-electron chi connectivity index (χ2n) is 3.31. The van der Waals surface area contributed by atoms with E-state index in [-0.39, 0.29) is 11.7 Å². The van der Waals surface area contributed by atoms with Crippen LogP contribution in [0.2, 0.25) is 0 Å². The van der Waals surface area contributed by atoms with Crippen LogP contribution in [0.5, 0.6) is 0 Å². The maximum Gasteiger partial charge on any atom is 0.139 e. The molecule has 1 aromatic heterocycles. The lowest BCUT2D eigenvalue weighted by atomic mass is 9.98. The van der Waals surface area contributed by atoms with E-state index in [1.807, 2.05) is 20.8 Å². The number of hydrogen-bond acceptors (Lipinski definition) is 3. The van der Waals surface area contributed by atoms with E-state index in [9.17, 15) is 4.79 Å². The van der Waals surface area contributed by atoms with E-state index in [0.717, 1.165) is 5.56 Å². The molecule has 0 aliphatic heterocycles. The van der Waals surface area contributed by atoms with E-state index < -0.39 is 0 Å². The van der Waals surface area contributed by atoms with Gasteiger partial charge in [-0.15, -0.1) is 0 Å². The van der Waals surface area contributed by atoms with E-state index in [0.29, 0.717) is 21.5 Å². The molecule has 0 aliphatic carbocycles. The molecule has 0 spiro atoms. The molecule has 0 saturated heterocycles. The summed E-state index contributed by atoms with van der Waals surface area (Å²) in [5.74, 6) is 0.678. The van der Waals surface area contributed by atoms with Crippen molar-refractivity contribution >= 4 is 37.6 Å². The number of carbonyl (C=O) groups is 1. The number of nitrogens with zero attached hydrogens (tertiary/aromatic N) is 2. The van der Waals surface area contributed by atoms with E-state index in [2.05, 4.69) is 41.8 Å². The summed E-state index contributed by atoms with van der Waals surface area (Å²) in [7, 11) is 0. The lowest BCUT2D eigenvalue weighted by Gasteiger charge is -2.13. The average Bonchev–Trinajstić information content (AvgIpc) is 2.14. The zero-order valence-electron chi connectivity index (χ0n) is 8.84. The third-order valence-corrected chi connectivity index (χ3v) is 3.44. The number of carbonyl (C=O) groups excluding carboxylic acids is 1. The fourth-order valence-corrected chi connectivity index (χ4v) is 3.18. The lowest BCUT2D eigenvalue weighted by molar-refractivity contribution is -0.119. The van der Waals surface area contributed by atoms with Crippen LogP contribution in [0.3, 0.4) is 0 Å². The SMILES string of the molecule is CCC(=O)C(C)c1c(Br)nc(C)nc1Br. The molecule has 82 valence electrons. The molecule has 1 aromatic rings. The Labute approximate surface area is 106 Å². The summed E-state index contributed by atoms with van der Waals surface area (Å²) in [6.45, 7) is 5.54. The number of aryl methyl sites for hydroxylation is 1. The Balaban J connectivity index is 3.19. The van der Waals surface area contributed by atoms with E-state index >= 15 is 0 Å². The van der Waals surface area contributed by atoms with Gasteiger partial charge in [0.2, 0.25) is 0 Å². The fourth-order valence-electron chi connectivity index (χ4n) is 1.34.